The third kappa shape index (κ3) is 2.69. The van der Waals surface area contributed by atoms with Gasteiger partial charge in [-0.05, 0) is 19.1 Å². The van der Waals surface area contributed by atoms with E-state index in [4.69, 9.17) is 4.74 Å². The summed E-state index contributed by atoms with van der Waals surface area (Å²) in [5.41, 5.74) is 1.81. The van der Waals surface area contributed by atoms with E-state index >= 15 is 0 Å². The molecule has 1 aromatic heterocycles. The summed E-state index contributed by atoms with van der Waals surface area (Å²) in [5.74, 6) is 0.449. The number of morpholine rings is 1. The van der Waals surface area contributed by atoms with Gasteiger partial charge in [-0.2, -0.15) is 5.26 Å². The summed E-state index contributed by atoms with van der Waals surface area (Å²) in [4.78, 5) is 9.58. The molecule has 22 heavy (non-hydrogen) atoms. The number of nitrogens with one attached hydrogen (secondary N) is 1. The normalized spacial score (nSPS) is 18.7. The number of aromatic nitrogens is 2. The molecule has 1 atom stereocenters. The SMILES string of the molecule is C[C@H](/C(O)=C(\C#N)c1nc2ccccc2[nH]1)N1CCOCC1. The first-order valence-corrected chi connectivity index (χ1v) is 7.31. The highest BCUT2D eigenvalue weighted by Gasteiger charge is 2.24. The molecule has 114 valence electrons. The fourth-order valence-electron chi connectivity index (χ4n) is 2.65. The number of H-pyrrole nitrogens is 1. The minimum Gasteiger partial charge on any atom is -0.509 e. The third-order valence-electron chi connectivity index (χ3n) is 3.98. The fourth-order valence-corrected chi connectivity index (χ4v) is 2.65. The van der Waals surface area contributed by atoms with Gasteiger partial charge in [-0.15, -0.1) is 0 Å². The summed E-state index contributed by atoms with van der Waals surface area (Å²) < 4.78 is 5.32. The number of nitriles is 1. The van der Waals surface area contributed by atoms with Gasteiger partial charge in [0.2, 0.25) is 0 Å². The van der Waals surface area contributed by atoms with Gasteiger partial charge in [0, 0.05) is 13.1 Å². The molecule has 0 spiro atoms. The number of hydrogen-bond donors (Lipinski definition) is 2. The molecular weight excluding hydrogens is 280 g/mol. The van der Waals surface area contributed by atoms with E-state index in [1.807, 2.05) is 31.2 Å². The summed E-state index contributed by atoms with van der Waals surface area (Å²) in [6.07, 6.45) is 0. The van der Waals surface area contributed by atoms with E-state index in [2.05, 4.69) is 20.9 Å². The van der Waals surface area contributed by atoms with Crippen LogP contribution >= 0.6 is 0 Å². The van der Waals surface area contributed by atoms with E-state index in [9.17, 15) is 10.4 Å². The van der Waals surface area contributed by atoms with Gasteiger partial charge in [-0.1, -0.05) is 12.1 Å². The Kier molecular flexibility index (Phi) is 4.09. The number of benzene rings is 1. The number of ether oxygens (including phenoxy) is 1. The first-order chi connectivity index (χ1) is 10.7. The molecule has 0 radical (unpaired) electrons. The first kappa shape index (κ1) is 14.6. The summed E-state index contributed by atoms with van der Waals surface area (Å²) in [5, 5.41) is 20.0. The van der Waals surface area contributed by atoms with Crippen LogP contribution in [0.25, 0.3) is 16.6 Å². The topological polar surface area (TPSA) is 85.2 Å². The lowest BCUT2D eigenvalue weighted by Gasteiger charge is -2.31. The number of nitrogens with zero attached hydrogens (tertiary/aromatic N) is 3. The average Bonchev–Trinajstić information content (AvgIpc) is 2.99. The largest absolute Gasteiger partial charge is 0.509 e. The third-order valence-corrected chi connectivity index (χ3v) is 3.98. The molecule has 1 aliphatic rings. The van der Waals surface area contributed by atoms with Crippen molar-refractivity contribution in [2.45, 2.75) is 13.0 Å². The maximum absolute atomic E-state index is 10.5. The Hall–Kier alpha value is -2.36. The van der Waals surface area contributed by atoms with Crippen molar-refractivity contribution in [1.82, 2.24) is 14.9 Å². The molecular formula is C16H18N4O2. The maximum atomic E-state index is 10.5. The number of aromatic amines is 1. The Morgan fingerprint density at radius 1 is 1.41 bits per heavy atom. The first-order valence-electron chi connectivity index (χ1n) is 7.31. The minimum atomic E-state index is -0.244. The van der Waals surface area contributed by atoms with Gasteiger partial charge in [0.15, 0.2) is 5.82 Å². The predicted molar refractivity (Wildman–Crippen MR) is 83.1 cm³/mol. The van der Waals surface area contributed by atoms with Gasteiger partial charge in [-0.25, -0.2) is 4.98 Å². The van der Waals surface area contributed by atoms with Crippen molar-refractivity contribution in [3.63, 3.8) is 0 Å². The zero-order valence-corrected chi connectivity index (χ0v) is 12.4. The lowest BCUT2D eigenvalue weighted by Crippen LogP contribution is -2.43. The summed E-state index contributed by atoms with van der Waals surface area (Å²) >= 11 is 0. The number of aliphatic hydroxyl groups excluding tert-OH is 1. The highest BCUT2D eigenvalue weighted by Crippen LogP contribution is 2.22. The van der Waals surface area contributed by atoms with Crippen LogP contribution in [0.15, 0.2) is 30.0 Å². The number of allylic oxidation sites excluding steroid dienone is 1. The Morgan fingerprint density at radius 2 is 2.14 bits per heavy atom. The van der Waals surface area contributed by atoms with Gasteiger partial charge < -0.3 is 14.8 Å². The van der Waals surface area contributed by atoms with Crippen molar-refractivity contribution in [2.24, 2.45) is 0 Å². The van der Waals surface area contributed by atoms with Crippen LogP contribution in [0.2, 0.25) is 0 Å². The monoisotopic (exact) mass is 298 g/mol. The van der Waals surface area contributed by atoms with Crippen molar-refractivity contribution < 1.29 is 9.84 Å². The second kappa shape index (κ2) is 6.18. The van der Waals surface area contributed by atoms with Crippen molar-refractivity contribution in [3.05, 3.63) is 35.8 Å². The van der Waals surface area contributed by atoms with Crippen LogP contribution in [0.4, 0.5) is 0 Å². The quantitative estimate of drug-likeness (QED) is 0.669. The van der Waals surface area contributed by atoms with Crippen molar-refractivity contribution in [3.8, 4) is 6.07 Å². The number of rotatable bonds is 3. The molecule has 1 aliphatic heterocycles. The number of hydrogen-bond acceptors (Lipinski definition) is 5. The van der Waals surface area contributed by atoms with E-state index in [0.29, 0.717) is 19.0 Å². The second-order valence-electron chi connectivity index (χ2n) is 5.30. The van der Waals surface area contributed by atoms with E-state index in [0.717, 1.165) is 24.1 Å². The number of aliphatic hydroxyl groups is 1. The lowest BCUT2D eigenvalue weighted by atomic mass is 10.1. The molecule has 1 saturated heterocycles. The van der Waals surface area contributed by atoms with E-state index in [1.54, 1.807) is 0 Å². The van der Waals surface area contributed by atoms with Crippen molar-refractivity contribution in [1.29, 1.82) is 5.26 Å². The molecule has 0 saturated carbocycles. The zero-order chi connectivity index (χ0) is 15.5. The molecule has 0 aliphatic carbocycles. The second-order valence-corrected chi connectivity index (χ2v) is 5.30. The van der Waals surface area contributed by atoms with Crippen LogP contribution in [-0.2, 0) is 4.74 Å². The van der Waals surface area contributed by atoms with Gasteiger partial charge in [0.1, 0.15) is 17.4 Å². The smallest absolute Gasteiger partial charge is 0.152 e. The van der Waals surface area contributed by atoms with Crippen LogP contribution in [-0.4, -0.2) is 52.3 Å². The summed E-state index contributed by atoms with van der Waals surface area (Å²) in [6.45, 7) is 4.66. The van der Waals surface area contributed by atoms with E-state index < -0.39 is 0 Å². The molecule has 0 amide bonds. The highest BCUT2D eigenvalue weighted by molar-refractivity contribution is 5.82. The van der Waals surface area contributed by atoms with Crippen molar-refractivity contribution >= 4 is 16.6 Å². The molecule has 3 rings (SSSR count). The number of imidazole rings is 1. The Bertz CT molecular complexity index is 705. The lowest BCUT2D eigenvalue weighted by molar-refractivity contribution is 0.0200. The highest BCUT2D eigenvalue weighted by atomic mass is 16.5. The molecule has 0 unspecified atom stereocenters. The van der Waals surface area contributed by atoms with Gasteiger partial charge in [-0.3, -0.25) is 4.90 Å². The Balaban J connectivity index is 1.95. The molecule has 1 fully saturated rings. The maximum Gasteiger partial charge on any atom is 0.152 e. The molecule has 2 aromatic rings. The van der Waals surface area contributed by atoms with Crippen LogP contribution in [0.5, 0.6) is 0 Å². The number of para-hydroxylation sites is 2. The molecule has 6 nitrogen and oxygen atoms in total. The molecule has 0 bridgehead atoms. The predicted octanol–water partition coefficient (Wildman–Crippen LogP) is 2.08. The van der Waals surface area contributed by atoms with Crippen LogP contribution in [0.1, 0.15) is 12.7 Å². The molecule has 2 heterocycles. The molecule has 6 heteroatoms. The Labute approximate surface area is 128 Å². The zero-order valence-electron chi connectivity index (χ0n) is 12.4. The van der Waals surface area contributed by atoms with E-state index in [-0.39, 0.29) is 17.4 Å². The van der Waals surface area contributed by atoms with Crippen molar-refractivity contribution in [2.75, 3.05) is 26.3 Å². The van der Waals surface area contributed by atoms with Crippen LogP contribution in [0.3, 0.4) is 0 Å². The van der Waals surface area contributed by atoms with Gasteiger partial charge in [0.25, 0.3) is 0 Å². The minimum absolute atomic E-state index is 0.0449. The van der Waals surface area contributed by atoms with E-state index in [1.165, 1.54) is 0 Å². The standard InChI is InChI=1S/C16H18N4O2/c1-11(20-6-8-22-9-7-20)15(21)12(10-17)16-18-13-4-2-3-5-14(13)19-16/h2-5,11,21H,6-9H2,1H3,(H,18,19)/b15-12-/t11-/m1/s1. The van der Waals surface area contributed by atoms with Gasteiger partial charge >= 0.3 is 0 Å². The van der Waals surface area contributed by atoms with Crippen LogP contribution < -0.4 is 0 Å². The number of fused-ring (bicyclic) bond motifs is 1. The molecule has 2 N–H and O–H groups in total. The Morgan fingerprint density at radius 3 is 2.82 bits per heavy atom. The fraction of sp³-hybridized carbons (Fsp3) is 0.375. The summed E-state index contributed by atoms with van der Waals surface area (Å²) in [6, 6.07) is 9.38. The van der Waals surface area contributed by atoms with Crippen LogP contribution in [0, 0.1) is 11.3 Å². The summed E-state index contributed by atoms with van der Waals surface area (Å²) in [7, 11) is 0. The average molecular weight is 298 g/mol. The van der Waals surface area contributed by atoms with Gasteiger partial charge in [0.05, 0.1) is 30.3 Å². The molecule has 1 aromatic carbocycles.